The molecule has 0 amide bonds. The Morgan fingerprint density at radius 2 is 2.50 bits per heavy atom. The predicted octanol–water partition coefficient (Wildman–Crippen LogP) is 0.297. The molecule has 7 nitrogen and oxygen atoms in total. The number of fused-ring (bicyclic) bond motifs is 1. The molecule has 0 spiro atoms. The molecule has 2 unspecified atom stereocenters. The predicted molar refractivity (Wildman–Crippen MR) is 73.7 cm³/mol. The van der Waals surface area contributed by atoms with E-state index in [0.29, 0.717) is 49.8 Å². The Morgan fingerprint density at radius 1 is 1.70 bits per heavy atom. The van der Waals surface area contributed by atoms with Crippen LogP contribution in [0.2, 0.25) is 0 Å². The van der Waals surface area contributed by atoms with Crippen LogP contribution < -0.4 is 8.69 Å². The summed E-state index contributed by atoms with van der Waals surface area (Å²) < 4.78 is 10.3. The Kier molecular flexibility index (Phi) is 3.25. The first-order valence-corrected chi connectivity index (χ1v) is 8.12. The Hall–Kier alpha value is -1.83. The van der Waals surface area contributed by atoms with Crippen LogP contribution >= 0.6 is 0 Å². The van der Waals surface area contributed by atoms with Gasteiger partial charge in [-0.3, -0.25) is 0 Å². The molecule has 1 saturated heterocycles. The molecule has 2 N–H and O–H groups in total. The second-order valence-electron chi connectivity index (χ2n) is 4.41. The number of ether oxygens (including phenoxy) is 1. The molecule has 0 saturated carbocycles. The SMILES string of the molecule is C#CC1CC(=C)OC1n1cnc2c(=O)[nH]c([NH][Tl])nc21. The molecular weight excluding hydrogens is 451 g/mol. The molecule has 8 heteroatoms. The molecule has 1 fully saturated rings. The second-order valence-corrected chi connectivity index (χ2v) is 5.53. The molecule has 0 bridgehead atoms. The van der Waals surface area contributed by atoms with Crippen LogP contribution in [0.15, 0.2) is 23.5 Å². The zero-order valence-electron chi connectivity index (χ0n) is 10.5. The molecule has 3 rings (SSSR count). The third kappa shape index (κ3) is 2.00. The molecule has 20 heavy (non-hydrogen) atoms. The third-order valence-electron chi connectivity index (χ3n) is 3.14. The van der Waals surface area contributed by atoms with Crippen LogP contribution in [-0.2, 0) is 4.74 Å². The van der Waals surface area contributed by atoms with Crippen molar-refractivity contribution >= 4 is 43.2 Å². The fourth-order valence-corrected chi connectivity index (χ4v) is 2.75. The Balaban J connectivity index is 2.17. The van der Waals surface area contributed by atoms with Crippen LogP contribution in [0.3, 0.4) is 0 Å². The van der Waals surface area contributed by atoms with Gasteiger partial charge in [0.05, 0.1) is 0 Å². The first-order chi connectivity index (χ1) is 9.63. The van der Waals surface area contributed by atoms with Gasteiger partial charge in [-0.1, -0.05) is 0 Å². The van der Waals surface area contributed by atoms with Gasteiger partial charge in [0.25, 0.3) is 0 Å². The average molecular weight is 461 g/mol. The van der Waals surface area contributed by atoms with Crippen LogP contribution in [-0.4, -0.2) is 45.6 Å². The number of aromatic nitrogens is 4. The molecule has 2 aromatic rings. The van der Waals surface area contributed by atoms with Crippen molar-refractivity contribution in [2.24, 2.45) is 5.92 Å². The fraction of sp³-hybridized carbons (Fsp3) is 0.250. The van der Waals surface area contributed by atoms with Gasteiger partial charge in [0.15, 0.2) is 0 Å². The molecule has 0 aliphatic carbocycles. The number of aromatic amines is 1. The maximum absolute atomic E-state index is 11.9. The summed E-state index contributed by atoms with van der Waals surface area (Å²) >= 11 is 0.470. The van der Waals surface area contributed by atoms with E-state index in [-0.39, 0.29) is 17.0 Å². The van der Waals surface area contributed by atoms with Crippen LogP contribution in [0, 0.1) is 18.3 Å². The van der Waals surface area contributed by atoms with Crippen molar-refractivity contribution in [3.63, 3.8) is 0 Å². The van der Waals surface area contributed by atoms with E-state index in [9.17, 15) is 4.79 Å². The number of hydrogen-bond acceptors (Lipinski definition) is 5. The first-order valence-electron chi connectivity index (χ1n) is 5.88. The number of hydrogen-bond donors (Lipinski definition) is 2. The molecule has 0 aromatic carbocycles. The number of H-pyrrole nitrogens is 1. The molecule has 1 aliphatic rings. The van der Waals surface area contributed by atoms with Crippen molar-refractivity contribution in [1.29, 1.82) is 0 Å². The monoisotopic (exact) mass is 461 g/mol. The summed E-state index contributed by atoms with van der Waals surface area (Å²) in [6.07, 6.45) is 7.23. The summed E-state index contributed by atoms with van der Waals surface area (Å²) in [5.74, 6) is 3.61. The number of allylic oxidation sites excluding steroid dienone is 1. The van der Waals surface area contributed by atoms with Crippen molar-refractivity contribution in [2.75, 3.05) is 3.13 Å². The summed E-state index contributed by atoms with van der Waals surface area (Å²) in [4.78, 5) is 23.0. The molecule has 3 heterocycles. The molecular formula is C12H10N5O2Tl. The van der Waals surface area contributed by atoms with Gasteiger partial charge in [-0.15, -0.1) is 0 Å². The van der Waals surface area contributed by atoms with Crippen molar-refractivity contribution in [2.45, 2.75) is 12.6 Å². The van der Waals surface area contributed by atoms with Gasteiger partial charge in [0, 0.05) is 0 Å². The number of imidazole rings is 1. The summed E-state index contributed by atoms with van der Waals surface area (Å²) in [7, 11) is 0. The minimum atomic E-state index is -0.420. The summed E-state index contributed by atoms with van der Waals surface area (Å²) in [5.41, 5.74) is 0.439. The van der Waals surface area contributed by atoms with E-state index in [1.54, 1.807) is 4.57 Å². The van der Waals surface area contributed by atoms with Gasteiger partial charge < -0.3 is 0 Å². The fourth-order valence-electron chi connectivity index (χ4n) is 2.22. The zero-order chi connectivity index (χ0) is 14.3. The quantitative estimate of drug-likeness (QED) is 0.497. The third-order valence-corrected chi connectivity index (χ3v) is 4.20. The molecule has 98 valence electrons. The van der Waals surface area contributed by atoms with Gasteiger partial charge in [0.2, 0.25) is 0 Å². The Morgan fingerprint density at radius 3 is 3.20 bits per heavy atom. The number of rotatable bonds is 2. The molecule has 2 aromatic heterocycles. The molecule has 1 aliphatic heterocycles. The van der Waals surface area contributed by atoms with E-state index < -0.39 is 6.23 Å². The summed E-state index contributed by atoms with van der Waals surface area (Å²) in [6.45, 7) is 3.80. The topological polar surface area (TPSA) is 84.8 Å². The van der Waals surface area contributed by atoms with E-state index >= 15 is 0 Å². The zero-order valence-corrected chi connectivity index (χ0v) is 14.9. The van der Waals surface area contributed by atoms with Gasteiger partial charge in [-0.25, -0.2) is 0 Å². The maximum atomic E-state index is 11.9. The number of nitrogens with zero attached hydrogens (tertiary/aromatic N) is 3. The Labute approximate surface area is 130 Å². The van der Waals surface area contributed by atoms with E-state index in [0.717, 1.165) is 0 Å². The van der Waals surface area contributed by atoms with Crippen LogP contribution in [0.4, 0.5) is 5.95 Å². The van der Waals surface area contributed by atoms with E-state index in [1.165, 1.54) is 6.33 Å². The van der Waals surface area contributed by atoms with Gasteiger partial charge in [0.1, 0.15) is 0 Å². The van der Waals surface area contributed by atoms with E-state index in [1.807, 2.05) is 0 Å². The van der Waals surface area contributed by atoms with Gasteiger partial charge >= 0.3 is 130 Å². The van der Waals surface area contributed by atoms with E-state index in [2.05, 4.69) is 30.6 Å². The number of terminal acetylenes is 1. The van der Waals surface area contributed by atoms with Crippen molar-refractivity contribution in [3.8, 4) is 12.3 Å². The van der Waals surface area contributed by atoms with Gasteiger partial charge in [-0.2, -0.15) is 0 Å². The average Bonchev–Trinajstić information content (AvgIpc) is 3.01. The summed E-state index contributed by atoms with van der Waals surface area (Å²) in [5, 5.41) is 0. The van der Waals surface area contributed by atoms with E-state index in [4.69, 9.17) is 11.2 Å². The molecule has 0 radical (unpaired) electrons. The van der Waals surface area contributed by atoms with Gasteiger partial charge in [-0.05, 0) is 0 Å². The minimum absolute atomic E-state index is 0.143. The summed E-state index contributed by atoms with van der Waals surface area (Å²) in [6, 6.07) is 0. The molecule has 2 atom stereocenters. The Bertz CT molecular complexity index is 787. The van der Waals surface area contributed by atoms with Crippen molar-refractivity contribution < 1.29 is 4.74 Å². The normalized spacial score (nSPS) is 21.6. The second kappa shape index (κ2) is 4.93. The standard InChI is InChI=1S/C12H11N5O2.Tl/c1-3-7-4-6(2)19-11(7)17-5-14-8-9(17)15-12(13)16-10(8)18;/h1,5,7,11H,2,4H2,(H3,13,15,16,18);/q;+1/p-1. The van der Waals surface area contributed by atoms with Crippen LogP contribution in [0.25, 0.3) is 11.2 Å². The van der Waals surface area contributed by atoms with Crippen LogP contribution in [0.1, 0.15) is 12.6 Å². The van der Waals surface area contributed by atoms with Crippen molar-refractivity contribution in [3.05, 3.63) is 29.0 Å². The van der Waals surface area contributed by atoms with Crippen molar-refractivity contribution in [1.82, 2.24) is 19.5 Å². The van der Waals surface area contributed by atoms with Crippen LogP contribution in [0.5, 0.6) is 0 Å². The number of anilines is 1. The number of nitrogens with one attached hydrogen (secondary N) is 2. The first kappa shape index (κ1) is 13.2.